The van der Waals surface area contributed by atoms with Gasteiger partial charge in [0.2, 0.25) is 0 Å². The second-order valence-corrected chi connectivity index (χ2v) is 3.17. The van der Waals surface area contributed by atoms with Crippen LogP contribution in [0.4, 0.5) is 0 Å². The van der Waals surface area contributed by atoms with Crippen LogP contribution in [0, 0.1) is 11.3 Å². The lowest BCUT2D eigenvalue weighted by Crippen LogP contribution is -2.36. The van der Waals surface area contributed by atoms with E-state index in [1.54, 1.807) is 17.9 Å². The molecule has 0 aromatic carbocycles. The van der Waals surface area contributed by atoms with Gasteiger partial charge in [0.05, 0.1) is 0 Å². The van der Waals surface area contributed by atoms with Gasteiger partial charge in [0, 0.05) is 13.1 Å². The zero-order valence-electron chi connectivity index (χ0n) is 7.92. The summed E-state index contributed by atoms with van der Waals surface area (Å²) in [4.78, 5) is 13.4. The van der Waals surface area contributed by atoms with Crippen molar-refractivity contribution in [3.05, 3.63) is 11.6 Å². The van der Waals surface area contributed by atoms with Crippen LogP contribution in [0.15, 0.2) is 11.6 Å². The number of hydrogen-bond acceptors (Lipinski definition) is 2. The van der Waals surface area contributed by atoms with Crippen LogP contribution < -0.4 is 0 Å². The maximum Gasteiger partial charge on any atom is 0.264 e. The normalized spacial score (nSPS) is 18.2. The van der Waals surface area contributed by atoms with Gasteiger partial charge in [-0.05, 0) is 26.2 Å². The number of allylic oxidation sites excluding steroid dienone is 1. The Balaban J connectivity index is 2.61. The molecule has 3 heteroatoms. The minimum atomic E-state index is -0.107. The van der Waals surface area contributed by atoms with Gasteiger partial charge in [0.25, 0.3) is 5.91 Å². The van der Waals surface area contributed by atoms with E-state index in [1.165, 1.54) is 6.42 Å². The van der Waals surface area contributed by atoms with Crippen molar-refractivity contribution in [1.82, 2.24) is 4.90 Å². The molecule has 0 bridgehead atoms. The molecule has 0 N–H and O–H groups in total. The van der Waals surface area contributed by atoms with Crippen LogP contribution in [0.5, 0.6) is 0 Å². The highest BCUT2D eigenvalue weighted by atomic mass is 16.2. The largest absolute Gasteiger partial charge is 0.338 e. The predicted octanol–water partition coefficient (Wildman–Crippen LogP) is 1.47. The lowest BCUT2D eigenvalue weighted by molar-refractivity contribution is -0.127. The molecule has 0 aromatic heterocycles. The van der Waals surface area contributed by atoms with Crippen molar-refractivity contribution in [2.75, 3.05) is 13.1 Å². The molecule has 70 valence electrons. The molecular formula is C10H14N2O. The van der Waals surface area contributed by atoms with Crippen molar-refractivity contribution in [3.8, 4) is 6.07 Å². The van der Waals surface area contributed by atoms with E-state index in [0.717, 1.165) is 25.9 Å². The van der Waals surface area contributed by atoms with E-state index in [9.17, 15) is 4.79 Å². The molecule has 0 unspecified atom stereocenters. The molecule has 1 fully saturated rings. The summed E-state index contributed by atoms with van der Waals surface area (Å²) in [6.45, 7) is 3.33. The first-order chi connectivity index (χ1) is 6.29. The zero-order valence-corrected chi connectivity index (χ0v) is 7.92. The van der Waals surface area contributed by atoms with Crippen LogP contribution in [0.25, 0.3) is 0 Å². The Morgan fingerprint density at radius 2 is 2.00 bits per heavy atom. The van der Waals surface area contributed by atoms with Crippen LogP contribution in [-0.2, 0) is 4.79 Å². The Morgan fingerprint density at radius 1 is 1.38 bits per heavy atom. The molecule has 0 atom stereocenters. The van der Waals surface area contributed by atoms with E-state index in [4.69, 9.17) is 5.26 Å². The van der Waals surface area contributed by atoms with Gasteiger partial charge in [-0.25, -0.2) is 0 Å². The van der Waals surface area contributed by atoms with Gasteiger partial charge in [-0.3, -0.25) is 4.79 Å². The predicted molar refractivity (Wildman–Crippen MR) is 49.8 cm³/mol. The van der Waals surface area contributed by atoms with Crippen molar-refractivity contribution < 1.29 is 4.79 Å². The second-order valence-electron chi connectivity index (χ2n) is 3.17. The van der Waals surface area contributed by atoms with Crippen molar-refractivity contribution >= 4 is 5.91 Å². The van der Waals surface area contributed by atoms with Gasteiger partial charge in [-0.15, -0.1) is 0 Å². The standard InChI is InChI=1S/C10H14N2O/c1-2-9(8-11)10(13)12-6-4-3-5-7-12/h2H,3-7H2,1H3/b9-2+. The lowest BCUT2D eigenvalue weighted by atomic mass is 10.1. The van der Waals surface area contributed by atoms with Gasteiger partial charge >= 0.3 is 0 Å². The van der Waals surface area contributed by atoms with Gasteiger partial charge in [0.15, 0.2) is 0 Å². The number of piperidine rings is 1. The molecule has 1 rings (SSSR count). The molecule has 0 radical (unpaired) electrons. The third-order valence-corrected chi connectivity index (χ3v) is 2.28. The highest BCUT2D eigenvalue weighted by Crippen LogP contribution is 2.11. The first kappa shape index (κ1) is 9.79. The fraction of sp³-hybridized carbons (Fsp3) is 0.600. The van der Waals surface area contributed by atoms with Crippen molar-refractivity contribution in [2.45, 2.75) is 26.2 Å². The highest BCUT2D eigenvalue weighted by Gasteiger charge is 2.19. The molecule has 0 aromatic rings. The van der Waals surface area contributed by atoms with E-state index in [-0.39, 0.29) is 11.5 Å². The second kappa shape index (κ2) is 4.66. The van der Waals surface area contributed by atoms with E-state index >= 15 is 0 Å². The molecular weight excluding hydrogens is 164 g/mol. The van der Waals surface area contributed by atoms with Crippen LogP contribution in [0.3, 0.4) is 0 Å². The molecule has 1 saturated heterocycles. The quantitative estimate of drug-likeness (QED) is 0.451. The fourth-order valence-corrected chi connectivity index (χ4v) is 1.50. The van der Waals surface area contributed by atoms with Crippen molar-refractivity contribution in [3.63, 3.8) is 0 Å². The molecule has 0 aliphatic carbocycles. The number of carbonyl (C=O) groups excluding carboxylic acids is 1. The summed E-state index contributed by atoms with van der Waals surface area (Å²) in [5, 5.41) is 8.66. The molecule has 0 saturated carbocycles. The highest BCUT2D eigenvalue weighted by molar-refractivity contribution is 5.97. The maximum atomic E-state index is 11.6. The zero-order chi connectivity index (χ0) is 9.68. The number of rotatable bonds is 1. The summed E-state index contributed by atoms with van der Waals surface area (Å²) in [6.07, 6.45) is 4.90. The summed E-state index contributed by atoms with van der Waals surface area (Å²) in [5.41, 5.74) is 0.266. The van der Waals surface area contributed by atoms with Crippen molar-refractivity contribution in [1.29, 1.82) is 5.26 Å². The number of nitrogens with zero attached hydrogens (tertiary/aromatic N) is 2. The van der Waals surface area contributed by atoms with E-state index < -0.39 is 0 Å². The molecule has 1 heterocycles. The molecule has 0 spiro atoms. The van der Waals surface area contributed by atoms with E-state index in [2.05, 4.69) is 0 Å². The lowest BCUT2D eigenvalue weighted by Gasteiger charge is -2.26. The minimum Gasteiger partial charge on any atom is -0.338 e. The minimum absolute atomic E-state index is 0.107. The molecule has 1 aliphatic rings. The van der Waals surface area contributed by atoms with Gasteiger partial charge in [0.1, 0.15) is 11.6 Å². The number of likely N-dealkylation sites (tertiary alicyclic amines) is 1. The van der Waals surface area contributed by atoms with Crippen LogP contribution in [-0.4, -0.2) is 23.9 Å². The van der Waals surface area contributed by atoms with Gasteiger partial charge in [-0.1, -0.05) is 6.08 Å². The fourth-order valence-electron chi connectivity index (χ4n) is 1.50. The number of hydrogen-bond donors (Lipinski definition) is 0. The molecule has 3 nitrogen and oxygen atoms in total. The van der Waals surface area contributed by atoms with Gasteiger partial charge in [-0.2, -0.15) is 5.26 Å². The first-order valence-corrected chi connectivity index (χ1v) is 4.65. The third kappa shape index (κ3) is 2.32. The average Bonchev–Trinajstić information content (AvgIpc) is 2.21. The summed E-state index contributed by atoms with van der Waals surface area (Å²) >= 11 is 0. The Bertz CT molecular complexity index is 257. The monoisotopic (exact) mass is 178 g/mol. The summed E-state index contributed by atoms with van der Waals surface area (Å²) < 4.78 is 0. The average molecular weight is 178 g/mol. The summed E-state index contributed by atoms with van der Waals surface area (Å²) in [6, 6.07) is 1.92. The Morgan fingerprint density at radius 3 is 2.46 bits per heavy atom. The van der Waals surface area contributed by atoms with E-state index in [0.29, 0.717) is 0 Å². The topological polar surface area (TPSA) is 44.1 Å². The Kier molecular flexibility index (Phi) is 3.51. The number of carbonyl (C=O) groups is 1. The summed E-state index contributed by atoms with van der Waals surface area (Å²) in [5.74, 6) is -0.107. The Labute approximate surface area is 78.6 Å². The maximum absolute atomic E-state index is 11.6. The van der Waals surface area contributed by atoms with Crippen LogP contribution in [0.1, 0.15) is 26.2 Å². The number of nitriles is 1. The first-order valence-electron chi connectivity index (χ1n) is 4.65. The smallest absolute Gasteiger partial charge is 0.264 e. The van der Waals surface area contributed by atoms with E-state index in [1.807, 2.05) is 6.07 Å². The molecule has 1 amide bonds. The van der Waals surface area contributed by atoms with Crippen LogP contribution >= 0.6 is 0 Å². The van der Waals surface area contributed by atoms with Crippen molar-refractivity contribution in [2.24, 2.45) is 0 Å². The third-order valence-electron chi connectivity index (χ3n) is 2.28. The molecule has 1 aliphatic heterocycles. The number of amides is 1. The molecule has 13 heavy (non-hydrogen) atoms. The SMILES string of the molecule is C/C=C(\C#N)C(=O)N1CCCCC1. The summed E-state index contributed by atoms with van der Waals surface area (Å²) in [7, 11) is 0. The Hall–Kier alpha value is -1.30. The van der Waals surface area contributed by atoms with Crippen LogP contribution in [0.2, 0.25) is 0 Å². The van der Waals surface area contributed by atoms with Gasteiger partial charge < -0.3 is 4.90 Å².